The average molecular weight is 236 g/mol. The van der Waals surface area contributed by atoms with Gasteiger partial charge in [-0.05, 0) is 6.92 Å². The number of nitrogens with one attached hydrogen (secondary N) is 1. The number of primary amides is 1. The molecule has 0 spiro atoms. The number of nitrogens with zero attached hydrogens (tertiary/aromatic N) is 1. The summed E-state index contributed by atoms with van der Waals surface area (Å²) in [5.74, 6) is -0.639. The molecule has 16 heavy (non-hydrogen) atoms. The summed E-state index contributed by atoms with van der Waals surface area (Å²) in [4.78, 5) is 11.5. The molecule has 0 atom stereocenters. The molecule has 0 saturated heterocycles. The van der Waals surface area contributed by atoms with E-state index < -0.39 is 5.91 Å². The van der Waals surface area contributed by atoms with Crippen LogP contribution < -0.4 is 16.8 Å². The van der Waals surface area contributed by atoms with E-state index in [1.165, 1.54) is 0 Å². The zero-order valence-corrected chi connectivity index (χ0v) is 9.65. The van der Waals surface area contributed by atoms with Gasteiger partial charge in [-0.2, -0.15) is 5.26 Å². The number of hydrogen-bond donors (Lipinski definition) is 3. The molecular formula is C10H12N4OS. The van der Waals surface area contributed by atoms with Crippen molar-refractivity contribution in [1.29, 1.82) is 5.26 Å². The zero-order chi connectivity index (χ0) is 12.3. The van der Waals surface area contributed by atoms with Crippen molar-refractivity contribution in [3.05, 3.63) is 22.6 Å². The number of amides is 1. The molecule has 0 radical (unpaired) electrons. The van der Waals surface area contributed by atoms with Gasteiger partial charge in [-0.3, -0.25) is 4.79 Å². The molecule has 84 valence electrons. The number of rotatable bonds is 4. The molecular weight excluding hydrogens is 224 g/mol. The van der Waals surface area contributed by atoms with Gasteiger partial charge < -0.3 is 16.8 Å². The summed E-state index contributed by atoms with van der Waals surface area (Å²) < 4.78 is 0. The Morgan fingerprint density at radius 1 is 1.69 bits per heavy atom. The van der Waals surface area contributed by atoms with Crippen molar-refractivity contribution in [2.45, 2.75) is 6.92 Å². The molecule has 5 N–H and O–H groups in total. The lowest BCUT2D eigenvalue weighted by molar-refractivity contribution is 0.100. The first-order valence-corrected chi connectivity index (χ1v) is 5.29. The number of carbonyl (C=O) groups is 1. The molecule has 1 rings (SSSR count). The van der Waals surface area contributed by atoms with E-state index in [-0.39, 0.29) is 16.1 Å². The van der Waals surface area contributed by atoms with E-state index >= 15 is 0 Å². The first kappa shape index (κ1) is 12.1. The van der Waals surface area contributed by atoms with Gasteiger partial charge in [0.1, 0.15) is 15.9 Å². The third-order valence-corrected chi connectivity index (χ3v) is 2.91. The minimum Gasteiger partial charge on any atom is -0.396 e. The van der Waals surface area contributed by atoms with Crippen LogP contribution in [-0.4, -0.2) is 12.5 Å². The molecule has 1 aromatic rings. The molecule has 5 nitrogen and oxygen atoms in total. The molecule has 0 aromatic carbocycles. The Morgan fingerprint density at radius 2 is 2.31 bits per heavy atom. The minimum atomic E-state index is -0.639. The molecule has 1 amide bonds. The average Bonchev–Trinajstić information content (AvgIpc) is 2.51. The number of nitrogen functional groups attached to an aromatic ring is 1. The number of anilines is 2. The van der Waals surface area contributed by atoms with Gasteiger partial charge in [0, 0.05) is 6.54 Å². The largest absolute Gasteiger partial charge is 0.396 e. The van der Waals surface area contributed by atoms with Gasteiger partial charge in [-0.1, -0.05) is 12.2 Å². The van der Waals surface area contributed by atoms with Crippen molar-refractivity contribution >= 4 is 27.9 Å². The summed E-state index contributed by atoms with van der Waals surface area (Å²) in [5, 5.41) is 12.3. The van der Waals surface area contributed by atoms with Gasteiger partial charge in [-0.15, -0.1) is 11.3 Å². The number of carbonyl (C=O) groups excluding carboxylic acids is 1. The van der Waals surface area contributed by atoms with E-state index in [1.807, 2.05) is 13.0 Å². The van der Waals surface area contributed by atoms with E-state index in [0.717, 1.165) is 16.9 Å². The Balaban J connectivity index is 3.13. The second kappa shape index (κ2) is 4.68. The Morgan fingerprint density at radius 3 is 2.75 bits per heavy atom. The lowest BCUT2D eigenvalue weighted by atomic mass is 10.2. The SMILES string of the molecule is C=C(C)CNc1sc(C#N)c(N)c1C(N)=O. The van der Waals surface area contributed by atoms with Gasteiger partial charge in [0.25, 0.3) is 5.91 Å². The molecule has 0 bridgehead atoms. The number of hydrogen-bond acceptors (Lipinski definition) is 5. The van der Waals surface area contributed by atoms with E-state index in [1.54, 1.807) is 0 Å². The Labute approximate surface area is 97.4 Å². The van der Waals surface area contributed by atoms with E-state index in [4.69, 9.17) is 16.7 Å². The van der Waals surface area contributed by atoms with Crippen LogP contribution in [0.2, 0.25) is 0 Å². The van der Waals surface area contributed by atoms with E-state index in [0.29, 0.717) is 11.5 Å². The standard InChI is InChI=1S/C10H12N4OS/c1-5(2)4-14-10-7(9(13)15)8(12)6(3-11)16-10/h14H,1,4,12H2,2H3,(H2,13,15). The van der Waals surface area contributed by atoms with Gasteiger partial charge in [0.15, 0.2) is 0 Å². The monoisotopic (exact) mass is 236 g/mol. The van der Waals surface area contributed by atoms with Crippen molar-refractivity contribution in [1.82, 2.24) is 0 Å². The maximum absolute atomic E-state index is 11.2. The predicted octanol–water partition coefficient (Wildman–Crippen LogP) is 1.29. The normalized spacial score (nSPS) is 9.50. The highest BCUT2D eigenvalue weighted by molar-refractivity contribution is 7.17. The first-order valence-electron chi connectivity index (χ1n) is 4.47. The summed E-state index contributed by atoms with van der Waals surface area (Å²) in [5.41, 5.74) is 12.1. The van der Waals surface area contributed by atoms with Crippen LogP contribution >= 0.6 is 11.3 Å². The number of thiophene rings is 1. The van der Waals surface area contributed by atoms with Crippen LogP contribution in [0.5, 0.6) is 0 Å². The summed E-state index contributed by atoms with van der Waals surface area (Å²) in [6.07, 6.45) is 0. The number of nitrogens with two attached hydrogens (primary N) is 2. The van der Waals surface area contributed by atoms with Crippen LogP contribution in [0.1, 0.15) is 22.2 Å². The summed E-state index contributed by atoms with van der Waals surface area (Å²) in [7, 11) is 0. The van der Waals surface area contributed by atoms with Gasteiger partial charge in [-0.25, -0.2) is 0 Å². The van der Waals surface area contributed by atoms with Crippen molar-refractivity contribution in [2.24, 2.45) is 5.73 Å². The van der Waals surface area contributed by atoms with Crippen LogP contribution in [0.3, 0.4) is 0 Å². The smallest absolute Gasteiger partial charge is 0.253 e. The van der Waals surface area contributed by atoms with E-state index in [2.05, 4.69) is 11.9 Å². The second-order valence-corrected chi connectivity index (χ2v) is 4.36. The third kappa shape index (κ3) is 2.32. The molecule has 0 aliphatic carbocycles. The van der Waals surface area contributed by atoms with Crippen LogP contribution in [-0.2, 0) is 0 Å². The summed E-state index contributed by atoms with van der Waals surface area (Å²) in [6.45, 7) is 6.08. The summed E-state index contributed by atoms with van der Waals surface area (Å²) >= 11 is 1.12. The van der Waals surface area contributed by atoms with Crippen molar-refractivity contribution in [3.8, 4) is 6.07 Å². The molecule has 6 heteroatoms. The molecule has 1 heterocycles. The van der Waals surface area contributed by atoms with Crippen molar-refractivity contribution < 1.29 is 4.79 Å². The zero-order valence-electron chi connectivity index (χ0n) is 8.83. The lowest BCUT2D eigenvalue weighted by Gasteiger charge is -2.04. The molecule has 1 aromatic heterocycles. The van der Waals surface area contributed by atoms with Crippen LogP contribution in [0.15, 0.2) is 12.2 Å². The highest BCUT2D eigenvalue weighted by Crippen LogP contribution is 2.34. The first-order chi connectivity index (χ1) is 7.47. The van der Waals surface area contributed by atoms with Crippen LogP contribution in [0, 0.1) is 11.3 Å². The van der Waals surface area contributed by atoms with Crippen molar-refractivity contribution in [2.75, 3.05) is 17.6 Å². The molecule has 0 unspecified atom stereocenters. The maximum atomic E-state index is 11.2. The highest BCUT2D eigenvalue weighted by atomic mass is 32.1. The highest BCUT2D eigenvalue weighted by Gasteiger charge is 2.19. The molecule has 0 aliphatic heterocycles. The van der Waals surface area contributed by atoms with Crippen LogP contribution in [0.4, 0.5) is 10.7 Å². The molecule has 0 aliphatic rings. The van der Waals surface area contributed by atoms with Crippen molar-refractivity contribution in [3.63, 3.8) is 0 Å². The van der Waals surface area contributed by atoms with Gasteiger partial charge >= 0.3 is 0 Å². The predicted molar refractivity (Wildman–Crippen MR) is 65.3 cm³/mol. The second-order valence-electron chi connectivity index (χ2n) is 3.34. The maximum Gasteiger partial charge on any atom is 0.253 e. The van der Waals surface area contributed by atoms with Gasteiger partial charge in [0.05, 0.1) is 11.3 Å². The fourth-order valence-electron chi connectivity index (χ4n) is 1.13. The lowest BCUT2D eigenvalue weighted by Crippen LogP contribution is -2.15. The van der Waals surface area contributed by atoms with E-state index in [9.17, 15) is 4.79 Å². The third-order valence-electron chi connectivity index (χ3n) is 1.84. The summed E-state index contributed by atoms with van der Waals surface area (Å²) in [6, 6.07) is 1.92. The van der Waals surface area contributed by atoms with Crippen LogP contribution in [0.25, 0.3) is 0 Å². The number of nitriles is 1. The quantitative estimate of drug-likeness (QED) is 0.685. The minimum absolute atomic E-state index is 0.143. The molecule has 0 fully saturated rings. The Kier molecular flexibility index (Phi) is 3.53. The fraction of sp³-hybridized carbons (Fsp3) is 0.200. The fourth-order valence-corrected chi connectivity index (χ4v) is 2.05. The van der Waals surface area contributed by atoms with Gasteiger partial charge in [0.2, 0.25) is 0 Å². The Bertz CT molecular complexity index is 484. The molecule has 0 saturated carbocycles. The Hall–Kier alpha value is -2.00. The topological polar surface area (TPSA) is 105 Å².